The molecular weight excluding hydrogens is 418 g/mol. The van der Waals surface area contributed by atoms with Crippen molar-refractivity contribution in [3.8, 4) is 0 Å². The summed E-state index contributed by atoms with van der Waals surface area (Å²) >= 11 is 1.26. The van der Waals surface area contributed by atoms with Crippen molar-refractivity contribution in [2.45, 2.75) is 25.3 Å². The molecule has 10 heteroatoms. The third-order valence-corrected chi connectivity index (χ3v) is 5.76. The number of carbonyl (C=O) groups is 3. The Hall–Kier alpha value is -3.53. The van der Waals surface area contributed by atoms with Crippen LogP contribution in [0.15, 0.2) is 52.7 Å². The lowest BCUT2D eigenvalue weighted by atomic mass is 10.0. The van der Waals surface area contributed by atoms with Gasteiger partial charge in [-0.3, -0.25) is 24.7 Å². The minimum absolute atomic E-state index is 0.0220. The van der Waals surface area contributed by atoms with Crippen LogP contribution in [0.5, 0.6) is 0 Å². The van der Waals surface area contributed by atoms with Crippen molar-refractivity contribution in [3.05, 3.63) is 65.3 Å². The Morgan fingerprint density at radius 1 is 1.16 bits per heavy atom. The Kier molecular flexibility index (Phi) is 6.37. The van der Waals surface area contributed by atoms with E-state index in [-0.39, 0.29) is 35.9 Å². The number of anilines is 1. The van der Waals surface area contributed by atoms with Crippen molar-refractivity contribution in [3.63, 3.8) is 0 Å². The first-order valence-electron chi connectivity index (χ1n) is 9.86. The first-order valence-corrected chi connectivity index (χ1v) is 10.7. The SMILES string of the molecule is O=C(NC1CCN(C(=O)Cc2csc(NC(=O)c3ccco3)n2)CC1)c1cccnc1. The number of hydrogen-bond donors (Lipinski definition) is 2. The Labute approximate surface area is 182 Å². The van der Waals surface area contributed by atoms with E-state index in [1.54, 1.807) is 40.7 Å². The van der Waals surface area contributed by atoms with Crippen molar-refractivity contribution in [2.75, 3.05) is 18.4 Å². The number of rotatable bonds is 6. The third kappa shape index (κ3) is 5.34. The molecule has 9 nitrogen and oxygen atoms in total. The smallest absolute Gasteiger partial charge is 0.293 e. The maximum atomic E-state index is 12.6. The van der Waals surface area contributed by atoms with Crippen LogP contribution in [-0.2, 0) is 11.2 Å². The number of nitrogens with one attached hydrogen (secondary N) is 2. The van der Waals surface area contributed by atoms with Gasteiger partial charge < -0.3 is 14.6 Å². The van der Waals surface area contributed by atoms with Crippen molar-refractivity contribution < 1.29 is 18.8 Å². The lowest BCUT2D eigenvalue weighted by molar-refractivity contribution is -0.131. The van der Waals surface area contributed by atoms with Crippen LogP contribution >= 0.6 is 11.3 Å². The van der Waals surface area contributed by atoms with E-state index in [9.17, 15) is 14.4 Å². The molecule has 3 aromatic rings. The number of piperidine rings is 1. The number of amides is 3. The number of furan rings is 1. The molecule has 0 bridgehead atoms. The van der Waals surface area contributed by atoms with Crippen LogP contribution in [0.3, 0.4) is 0 Å². The van der Waals surface area contributed by atoms with E-state index in [0.29, 0.717) is 42.3 Å². The molecule has 0 saturated carbocycles. The van der Waals surface area contributed by atoms with Crippen molar-refractivity contribution in [1.82, 2.24) is 20.2 Å². The van der Waals surface area contributed by atoms with Crippen LogP contribution in [0.2, 0.25) is 0 Å². The summed E-state index contributed by atoms with van der Waals surface area (Å²) in [5.74, 6) is -0.352. The average Bonchev–Trinajstić information content (AvgIpc) is 3.47. The summed E-state index contributed by atoms with van der Waals surface area (Å²) in [6.07, 6.45) is 6.14. The molecule has 1 aliphatic heterocycles. The minimum Gasteiger partial charge on any atom is -0.459 e. The van der Waals surface area contributed by atoms with E-state index in [1.165, 1.54) is 23.8 Å². The van der Waals surface area contributed by atoms with Gasteiger partial charge in [-0.1, -0.05) is 0 Å². The zero-order chi connectivity index (χ0) is 21.6. The minimum atomic E-state index is -0.382. The molecule has 1 saturated heterocycles. The molecule has 3 aromatic heterocycles. The zero-order valence-corrected chi connectivity index (χ0v) is 17.4. The van der Waals surface area contributed by atoms with E-state index < -0.39 is 0 Å². The summed E-state index contributed by atoms with van der Waals surface area (Å²) in [5, 5.41) is 7.84. The van der Waals surface area contributed by atoms with Gasteiger partial charge in [0.2, 0.25) is 5.91 Å². The van der Waals surface area contributed by atoms with Crippen LogP contribution in [0, 0.1) is 0 Å². The van der Waals surface area contributed by atoms with Crippen molar-refractivity contribution >= 4 is 34.2 Å². The molecule has 160 valence electrons. The second kappa shape index (κ2) is 9.52. The topological polar surface area (TPSA) is 117 Å². The van der Waals surface area contributed by atoms with E-state index >= 15 is 0 Å². The van der Waals surface area contributed by atoms with Gasteiger partial charge in [-0.25, -0.2) is 4.98 Å². The molecule has 4 rings (SSSR count). The molecule has 0 radical (unpaired) electrons. The molecule has 1 aliphatic rings. The molecule has 1 fully saturated rings. The van der Waals surface area contributed by atoms with Gasteiger partial charge in [-0.05, 0) is 37.1 Å². The monoisotopic (exact) mass is 439 g/mol. The van der Waals surface area contributed by atoms with E-state index in [4.69, 9.17) is 4.42 Å². The molecule has 0 unspecified atom stereocenters. The number of aromatic nitrogens is 2. The molecule has 0 atom stereocenters. The van der Waals surface area contributed by atoms with Crippen molar-refractivity contribution in [1.29, 1.82) is 0 Å². The molecule has 3 amide bonds. The first-order chi connectivity index (χ1) is 15.1. The normalized spacial score (nSPS) is 14.3. The largest absolute Gasteiger partial charge is 0.459 e. The summed E-state index contributed by atoms with van der Waals surface area (Å²) in [7, 11) is 0. The highest BCUT2D eigenvalue weighted by Crippen LogP contribution is 2.19. The van der Waals surface area contributed by atoms with Crippen LogP contribution in [-0.4, -0.2) is 51.7 Å². The number of thiazole rings is 1. The van der Waals surface area contributed by atoms with Gasteiger partial charge in [0, 0.05) is 36.9 Å². The summed E-state index contributed by atoms with van der Waals surface area (Å²) in [4.78, 5) is 46.9. The first kappa shape index (κ1) is 20.7. The van der Waals surface area contributed by atoms with Gasteiger partial charge in [0.25, 0.3) is 11.8 Å². The molecule has 0 aromatic carbocycles. The standard InChI is InChI=1S/C21H21N5O4S/c27-18(11-16-13-31-21(24-16)25-20(29)17-4-2-10-30-17)26-8-5-15(6-9-26)23-19(28)14-3-1-7-22-12-14/h1-4,7,10,12-13,15H,5-6,8-9,11H2,(H,23,28)(H,24,25,29). The fourth-order valence-electron chi connectivity index (χ4n) is 3.32. The molecule has 2 N–H and O–H groups in total. The average molecular weight is 439 g/mol. The third-order valence-electron chi connectivity index (χ3n) is 4.96. The van der Waals surface area contributed by atoms with Gasteiger partial charge >= 0.3 is 0 Å². The maximum absolute atomic E-state index is 12.6. The van der Waals surface area contributed by atoms with Gasteiger partial charge in [0.05, 0.1) is 23.9 Å². The second-order valence-corrected chi connectivity index (χ2v) is 7.98. The molecule has 0 spiro atoms. The number of hydrogen-bond acceptors (Lipinski definition) is 7. The maximum Gasteiger partial charge on any atom is 0.293 e. The van der Waals surface area contributed by atoms with Crippen LogP contribution in [0.1, 0.15) is 39.4 Å². The number of pyridine rings is 1. The number of nitrogens with zero attached hydrogens (tertiary/aromatic N) is 3. The Morgan fingerprint density at radius 2 is 2.00 bits per heavy atom. The molecular formula is C21H21N5O4S. The predicted octanol–water partition coefficient (Wildman–Crippen LogP) is 2.35. The van der Waals surface area contributed by atoms with Crippen LogP contribution in [0.4, 0.5) is 5.13 Å². The summed E-state index contributed by atoms with van der Waals surface area (Å²) in [6, 6.07) is 6.67. The summed E-state index contributed by atoms with van der Waals surface area (Å²) < 4.78 is 5.05. The second-order valence-electron chi connectivity index (χ2n) is 7.12. The predicted molar refractivity (Wildman–Crippen MR) is 114 cm³/mol. The number of likely N-dealkylation sites (tertiary alicyclic amines) is 1. The summed E-state index contributed by atoms with van der Waals surface area (Å²) in [5.41, 5.74) is 1.14. The lowest BCUT2D eigenvalue weighted by Crippen LogP contribution is -2.47. The fraction of sp³-hybridized carbons (Fsp3) is 0.286. The highest BCUT2D eigenvalue weighted by molar-refractivity contribution is 7.14. The van der Waals surface area contributed by atoms with Gasteiger partial charge in [0.15, 0.2) is 10.9 Å². The Bertz CT molecular complexity index is 1040. The van der Waals surface area contributed by atoms with E-state index in [2.05, 4.69) is 20.6 Å². The quantitative estimate of drug-likeness (QED) is 0.609. The van der Waals surface area contributed by atoms with Gasteiger partial charge in [-0.15, -0.1) is 11.3 Å². The summed E-state index contributed by atoms with van der Waals surface area (Å²) in [6.45, 7) is 1.14. The zero-order valence-electron chi connectivity index (χ0n) is 16.6. The van der Waals surface area contributed by atoms with Crippen LogP contribution in [0.25, 0.3) is 0 Å². The molecule has 4 heterocycles. The molecule has 31 heavy (non-hydrogen) atoms. The fourth-order valence-corrected chi connectivity index (χ4v) is 4.02. The lowest BCUT2D eigenvalue weighted by Gasteiger charge is -2.32. The molecule has 0 aliphatic carbocycles. The van der Waals surface area contributed by atoms with Crippen molar-refractivity contribution in [2.24, 2.45) is 0 Å². The highest BCUT2D eigenvalue weighted by Gasteiger charge is 2.25. The van der Waals surface area contributed by atoms with E-state index in [0.717, 1.165) is 0 Å². The van der Waals surface area contributed by atoms with Crippen LogP contribution < -0.4 is 10.6 Å². The Balaban J connectivity index is 1.23. The number of carbonyl (C=O) groups excluding carboxylic acids is 3. The van der Waals surface area contributed by atoms with Gasteiger partial charge in [-0.2, -0.15) is 0 Å². The van der Waals surface area contributed by atoms with E-state index in [1.807, 2.05) is 0 Å². The van der Waals surface area contributed by atoms with Gasteiger partial charge in [0.1, 0.15) is 0 Å². The Morgan fingerprint density at radius 3 is 2.71 bits per heavy atom. The highest BCUT2D eigenvalue weighted by atomic mass is 32.1.